The topological polar surface area (TPSA) is 41.6 Å². The number of carbonyl (C=O) groups excluding carboxylic acids is 1. The van der Waals surface area contributed by atoms with Gasteiger partial charge in [-0.05, 0) is 58.5 Å². The smallest absolute Gasteiger partial charge is 0.410 e. The molecule has 0 aromatic heterocycles. The van der Waals surface area contributed by atoms with Gasteiger partial charge < -0.3 is 15.0 Å². The SMILES string of the molecule is CC(C)(C)OC(=O)N1CCC2CCNCC2C1. The van der Waals surface area contributed by atoms with Gasteiger partial charge >= 0.3 is 6.09 Å². The molecule has 17 heavy (non-hydrogen) atoms. The van der Waals surface area contributed by atoms with Crippen molar-refractivity contribution >= 4 is 6.09 Å². The molecule has 0 saturated carbocycles. The number of piperidine rings is 2. The van der Waals surface area contributed by atoms with Crippen LogP contribution in [0.3, 0.4) is 0 Å². The Morgan fingerprint density at radius 2 is 2.06 bits per heavy atom. The van der Waals surface area contributed by atoms with Crippen LogP contribution in [0.2, 0.25) is 0 Å². The Labute approximate surface area is 104 Å². The van der Waals surface area contributed by atoms with Gasteiger partial charge in [-0.25, -0.2) is 4.79 Å². The van der Waals surface area contributed by atoms with E-state index in [1.54, 1.807) is 0 Å². The fraction of sp³-hybridized carbons (Fsp3) is 0.923. The zero-order valence-electron chi connectivity index (χ0n) is 11.2. The molecule has 2 unspecified atom stereocenters. The van der Waals surface area contributed by atoms with Crippen LogP contribution in [-0.4, -0.2) is 42.8 Å². The van der Waals surface area contributed by atoms with Gasteiger partial charge in [-0.15, -0.1) is 0 Å². The maximum absolute atomic E-state index is 12.0. The zero-order chi connectivity index (χ0) is 12.5. The molecular weight excluding hydrogens is 216 g/mol. The Kier molecular flexibility index (Phi) is 3.61. The van der Waals surface area contributed by atoms with Crippen molar-refractivity contribution in [3.63, 3.8) is 0 Å². The molecule has 1 amide bonds. The number of ether oxygens (including phenoxy) is 1. The summed E-state index contributed by atoms with van der Waals surface area (Å²) in [5.74, 6) is 1.42. The molecule has 0 aromatic rings. The lowest BCUT2D eigenvalue weighted by atomic mass is 9.81. The largest absolute Gasteiger partial charge is 0.444 e. The lowest BCUT2D eigenvalue weighted by Gasteiger charge is -2.41. The van der Waals surface area contributed by atoms with Crippen molar-refractivity contribution in [2.75, 3.05) is 26.2 Å². The average molecular weight is 240 g/mol. The lowest BCUT2D eigenvalue weighted by Crippen LogP contribution is -2.51. The summed E-state index contributed by atoms with van der Waals surface area (Å²) in [5, 5.41) is 3.41. The molecule has 2 rings (SSSR count). The van der Waals surface area contributed by atoms with Gasteiger partial charge in [0.05, 0.1) is 0 Å². The van der Waals surface area contributed by atoms with Gasteiger partial charge in [0.25, 0.3) is 0 Å². The van der Waals surface area contributed by atoms with Crippen molar-refractivity contribution in [1.82, 2.24) is 10.2 Å². The number of amides is 1. The molecule has 1 N–H and O–H groups in total. The molecular formula is C13H24N2O2. The van der Waals surface area contributed by atoms with Crippen molar-refractivity contribution in [3.8, 4) is 0 Å². The quantitative estimate of drug-likeness (QED) is 0.702. The second-order valence-corrected chi connectivity index (χ2v) is 6.23. The van der Waals surface area contributed by atoms with Crippen LogP contribution in [-0.2, 0) is 4.74 Å². The Balaban J connectivity index is 1.89. The van der Waals surface area contributed by atoms with Gasteiger partial charge in [-0.3, -0.25) is 0 Å². The van der Waals surface area contributed by atoms with Crippen LogP contribution in [0.25, 0.3) is 0 Å². The summed E-state index contributed by atoms with van der Waals surface area (Å²) < 4.78 is 5.42. The monoisotopic (exact) mass is 240 g/mol. The molecule has 98 valence electrons. The van der Waals surface area contributed by atoms with Crippen molar-refractivity contribution in [3.05, 3.63) is 0 Å². The Hall–Kier alpha value is -0.770. The predicted molar refractivity (Wildman–Crippen MR) is 66.9 cm³/mol. The van der Waals surface area contributed by atoms with Crippen LogP contribution in [0.5, 0.6) is 0 Å². The third-order valence-corrected chi connectivity index (χ3v) is 3.64. The molecule has 0 radical (unpaired) electrons. The van der Waals surface area contributed by atoms with E-state index in [0.29, 0.717) is 5.92 Å². The van der Waals surface area contributed by atoms with E-state index in [0.717, 1.165) is 38.5 Å². The molecule has 2 saturated heterocycles. The maximum Gasteiger partial charge on any atom is 0.410 e. The van der Waals surface area contributed by atoms with Gasteiger partial charge in [0.2, 0.25) is 0 Å². The summed E-state index contributed by atoms with van der Waals surface area (Å²) in [6.07, 6.45) is 2.24. The fourth-order valence-electron chi connectivity index (χ4n) is 2.76. The molecule has 2 fully saturated rings. The van der Waals surface area contributed by atoms with E-state index in [4.69, 9.17) is 4.74 Å². The van der Waals surface area contributed by atoms with E-state index in [1.165, 1.54) is 6.42 Å². The van der Waals surface area contributed by atoms with E-state index < -0.39 is 5.60 Å². The van der Waals surface area contributed by atoms with Gasteiger partial charge in [0.15, 0.2) is 0 Å². The second-order valence-electron chi connectivity index (χ2n) is 6.23. The lowest BCUT2D eigenvalue weighted by molar-refractivity contribution is 0.00738. The molecule has 2 aliphatic rings. The molecule has 2 aliphatic heterocycles. The molecule has 0 spiro atoms. The summed E-state index contributed by atoms with van der Waals surface area (Å²) in [7, 11) is 0. The summed E-state index contributed by atoms with van der Waals surface area (Å²) in [5.41, 5.74) is -0.390. The summed E-state index contributed by atoms with van der Waals surface area (Å²) in [6.45, 7) is 9.64. The van der Waals surface area contributed by atoms with Crippen LogP contribution < -0.4 is 5.32 Å². The molecule has 0 aliphatic carbocycles. The second kappa shape index (κ2) is 4.84. The Morgan fingerprint density at radius 1 is 1.29 bits per heavy atom. The van der Waals surface area contributed by atoms with Gasteiger partial charge in [-0.2, -0.15) is 0 Å². The van der Waals surface area contributed by atoms with Gasteiger partial charge in [0, 0.05) is 13.1 Å². The minimum Gasteiger partial charge on any atom is -0.444 e. The van der Waals surface area contributed by atoms with Crippen molar-refractivity contribution in [2.45, 2.75) is 39.2 Å². The number of nitrogens with zero attached hydrogens (tertiary/aromatic N) is 1. The number of hydrogen-bond donors (Lipinski definition) is 1. The first-order chi connectivity index (χ1) is 7.96. The first-order valence-corrected chi connectivity index (χ1v) is 6.64. The van der Waals surface area contributed by atoms with E-state index >= 15 is 0 Å². The van der Waals surface area contributed by atoms with Crippen molar-refractivity contribution < 1.29 is 9.53 Å². The number of hydrogen-bond acceptors (Lipinski definition) is 3. The maximum atomic E-state index is 12.0. The first kappa shape index (κ1) is 12.7. The number of fused-ring (bicyclic) bond motifs is 1. The molecule has 2 heterocycles. The number of likely N-dealkylation sites (tertiary alicyclic amines) is 1. The minimum absolute atomic E-state index is 0.151. The normalized spacial score (nSPS) is 29.7. The zero-order valence-corrected chi connectivity index (χ0v) is 11.2. The van der Waals surface area contributed by atoms with Gasteiger partial charge in [-0.1, -0.05) is 0 Å². The highest BCUT2D eigenvalue weighted by atomic mass is 16.6. The third-order valence-electron chi connectivity index (χ3n) is 3.64. The first-order valence-electron chi connectivity index (χ1n) is 6.64. The van der Waals surface area contributed by atoms with Crippen LogP contribution in [0.1, 0.15) is 33.6 Å². The third kappa shape index (κ3) is 3.35. The summed E-state index contributed by atoms with van der Waals surface area (Å²) >= 11 is 0. The van der Waals surface area contributed by atoms with Crippen LogP contribution >= 0.6 is 0 Å². The number of rotatable bonds is 0. The standard InChI is InChI=1S/C13H24N2O2/c1-13(2,3)17-12(16)15-7-5-10-4-6-14-8-11(10)9-15/h10-11,14H,4-9H2,1-3H3. The van der Waals surface area contributed by atoms with Crippen LogP contribution in [0.15, 0.2) is 0 Å². The summed E-state index contributed by atoms with van der Waals surface area (Å²) in [6, 6.07) is 0. The number of carbonyl (C=O) groups is 1. The fourth-order valence-corrected chi connectivity index (χ4v) is 2.76. The van der Waals surface area contributed by atoms with Crippen molar-refractivity contribution in [2.24, 2.45) is 11.8 Å². The molecule has 4 nitrogen and oxygen atoms in total. The average Bonchev–Trinajstić information content (AvgIpc) is 2.26. The van der Waals surface area contributed by atoms with E-state index in [-0.39, 0.29) is 6.09 Å². The van der Waals surface area contributed by atoms with Crippen LogP contribution in [0.4, 0.5) is 4.79 Å². The Bertz CT molecular complexity index is 286. The minimum atomic E-state index is -0.390. The Morgan fingerprint density at radius 3 is 2.76 bits per heavy atom. The van der Waals surface area contributed by atoms with E-state index in [9.17, 15) is 4.79 Å². The highest BCUT2D eigenvalue weighted by Crippen LogP contribution is 2.28. The van der Waals surface area contributed by atoms with E-state index in [2.05, 4.69) is 5.32 Å². The molecule has 4 heteroatoms. The molecule has 2 atom stereocenters. The summed E-state index contributed by atoms with van der Waals surface area (Å²) in [4.78, 5) is 13.8. The highest BCUT2D eigenvalue weighted by molar-refractivity contribution is 5.68. The van der Waals surface area contributed by atoms with E-state index in [1.807, 2.05) is 25.7 Å². The van der Waals surface area contributed by atoms with Crippen LogP contribution in [0, 0.1) is 11.8 Å². The number of nitrogens with one attached hydrogen (secondary N) is 1. The predicted octanol–water partition coefficient (Wildman–Crippen LogP) is 1.85. The van der Waals surface area contributed by atoms with Gasteiger partial charge in [0.1, 0.15) is 5.60 Å². The molecule has 0 bridgehead atoms. The molecule has 0 aromatic carbocycles. The highest BCUT2D eigenvalue weighted by Gasteiger charge is 2.34. The van der Waals surface area contributed by atoms with Crippen molar-refractivity contribution in [1.29, 1.82) is 0 Å².